The second kappa shape index (κ2) is 13.7. The van der Waals surface area contributed by atoms with Crippen LogP contribution < -0.4 is 4.90 Å². The molecule has 3 rings (SSSR count). The summed E-state index contributed by atoms with van der Waals surface area (Å²) in [5, 5.41) is 0. The van der Waals surface area contributed by atoms with Gasteiger partial charge < -0.3 is 14.4 Å². The third-order valence-corrected chi connectivity index (χ3v) is 6.99. The summed E-state index contributed by atoms with van der Waals surface area (Å²) < 4.78 is 23.1. The van der Waals surface area contributed by atoms with Crippen molar-refractivity contribution in [2.75, 3.05) is 38.2 Å². The molecule has 0 saturated carbocycles. The van der Waals surface area contributed by atoms with Crippen molar-refractivity contribution in [3.05, 3.63) is 30.1 Å². The molecule has 192 valence electrons. The molecule has 2 aliphatic heterocycles. The van der Waals surface area contributed by atoms with Crippen LogP contribution in [-0.2, 0) is 19.1 Å². The highest BCUT2D eigenvalue weighted by atomic mass is 19.1. The van der Waals surface area contributed by atoms with Crippen LogP contribution in [0.15, 0.2) is 24.3 Å². The van der Waals surface area contributed by atoms with Crippen LogP contribution in [0.2, 0.25) is 0 Å². The Hall–Kier alpha value is -2.15. The van der Waals surface area contributed by atoms with Crippen molar-refractivity contribution in [2.24, 2.45) is 5.41 Å². The van der Waals surface area contributed by atoms with Gasteiger partial charge in [-0.1, -0.05) is 33.1 Å². The molecule has 1 aromatic rings. The molecular formula is C27H43FN2O4. The van der Waals surface area contributed by atoms with E-state index in [4.69, 9.17) is 4.74 Å². The molecule has 34 heavy (non-hydrogen) atoms. The normalized spacial score (nSPS) is 24.9. The first kappa shape index (κ1) is 28.1. The van der Waals surface area contributed by atoms with Crippen LogP contribution in [0, 0.1) is 11.2 Å². The number of methoxy groups -OCH3 is 1. The Kier molecular flexibility index (Phi) is 11.3. The summed E-state index contributed by atoms with van der Waals surface area (Å²) in [6.45, 7) is 11.8. The van der Waals surface area contributed by atoms with Crippen molar-refractivity contribution >= 4 is 17.6 Å². The number of halogens is 1. The van der Waals surface area contributed by atoms with Crippen molar-refractivity contribution in [3.63, 3.8) is 0 Å². The van der Waals surface area contributed by atoms with Crippen LogP contribution in [0.3, 0.4) is 0 Å². The summed E-state index contributed by atoms with van der Waals surface area (Å²) in [4.78, 5) is 27.1. The molecule has 0 aliphatic carbocycles. The number of benzene rings is 1. The molecule has 2 aliphatic rings. The van der Waals surface area contributed by atoms with E-state index in [-0.39, 0.29) is 29.3 Å². The van der Waals surface area contributed by atoms with Gasteiger partial charge in [0.25, 0.3) is 0 Å². The number of hydrogen-bond donors (Lipinski definition) is 0. The van der Waals surface area contributed by atoms with E-state index < -0.39 is 0 Å². The van der Waals surface area contributed by atoms with Crippen LogP contribution in [0.25, 0.3) is 0 Å². The lowest BCUT2D eigenvalue weighted by atomic mass is 9.76. The lowest BCUT2D eigenvalue weighted by molar-refractivity contribution is -0.149. The summed E-state index contributed by atoms with van der Waals surface area (Å²) >= 11 is 0. The van der Waals surface area contributed by atoms with E-state index in [0.717, 1.165) is 76.8 Å². The molecule has 0 spiro atoms. The predicted molar refractivity (Wildman–Crippen MR) is 133 cm³/mol. The van der Waals surface area contributed by atoms with Gasteiger partial charge in [0, 0.05) is 51.3 Å². The highest BCUT2D eigenvalue weighted by Crippen LogP contribution is 2.43. The maximum Gasteiger partial charge on any atom is 0.312 e. The zero-order valence-electron chi connectivity index (χ0n) is 21.6. The average Bonchev–Trinajstić information content (AvgIpc) is 3.13. The van der Waals surface area contributed by atoms with Gasteiger partial charge in [-0.3, -0.25) is 14.5 Å². The second-order valence-corrected chi connectivity index (χ2v) is 9.67. The van der Waals surface area contributed by atoms with E-state index in [1.165, 1.54) is 26.2 Å². The minimum absolute atomic E-state index is 0.0484. The Labute approximate surface area is 204 Å². The SMILES string of the molecule is CCCCC1(CCC)C[C@H](CCN2CCN(c3ccc(F)cc3)[C@H](C)C2)OC1=O.COC(C)=O. The van der Waals surface area contributed by atoms with Gasteiger partial charge in [-0.2, -0.15) is 0 Å². The second-order valence-electron chi connectivity index (χ2n) is 9.67. The summed E-state index contributed by atoms with van der Waals surface area (Å²) in [6.07, 6.45) is 7.07. The van der Waals surface area contributed by atoms with Gasteiger partial charge in [0.1, 0.15) is 11.9 Å². The summed E-state index contributed by atoms with van der Waals surface area (Å²) in [5.74, 6) is -0.387. The number of esters is 2. The number of unbranched alkanes of at least 4 members (excludes halogenated alkanes) is 1. The monoisotopic (exact) mass is 478 g/mol. The van der Waals surface area contributed by atoms with Crippen molar-refractivity contribution in [1.82, 2.24) is 4.90 Å². The van der Waals surface area contributed by atoms with Crippen LogP contribution in [0.5, 0.6) is 0 Å². The standard InChI is InChI=1S/C24H37FN2O2.C3H6O2/c1-4-6-13-24(12-5-2)17-22(29-23(24)28)11-14-26-15-16-27(19(3)18-26)21-9-7-20(25)8-10-21;1-3(4)5-2/h7-10,19,22H,4-6,11-18H2,1-3H3;1-2H3/t19-,22+,24?;/m1./s1. The molecule has 1 unspecified atom stereocenters. The molecular weight excluding hydrogens is 435 g/mol. The van der Waals surface area contributed by atoms with Crippen LogP contribution in [0.1, 0.15) is 72.6 Å². The molecule has 0 aromatic heterocycles. The number of anilines is 1. The Morgan fingerprint density at radius 1 is 1.18 bits per heavy atom. The Bertz CT molecular complexity index is 772. The lowest BCUT2D eigenvalue weighted by Gasteiger charge is -2.41. The fraction of sp³-hybridized carbons (Fsp3) is 0.704. The maximum absolute atomic E-state index is 13.2. The number of hydrogen-bond acceptors (Lipinski definition) is 6. The van der Waals surface area contributed by atoms with Crippen LogP contribution >= 0.6 is 0 Å². The maximum atomic E-state index is 13.2. The number of carbonyl (C=O) groups excluding carboxylic acids is 2. The molecule has 2 saturated heterocycles. The predicted octanol–water partition coefficient (Wildman–Crippen LogP) is 5.20. The largest absolute Gasteiger partial charge is 0.469 e. The smallest absolute Gasteiger partial charge is 0.312 e. The van der Waals surface area contributed by atoms with E-state index in [0.29, 0.717) is 6.04 Å². The van der Waals surface area contributed by atoms with E-state index in [2.05, 4.69) is 35.3 Å². The first-order valence-electron chi connectivity index (χ1n) is 12.7. The number of ether oxygens (including phenoxy) is 2. The summed E-state index contributed by atoms with van der Waals surface area (Å²) in [7, 11) is 1.35. The number of rotatable bonds is 9. The first-order chi connectivity index (χ1) is 16.2. The van der Waals surface area contributed by atoms with Crippen LogP contribution in [-0.4, -0.2) is 62.3 Å². The molecule has 3 atom stereocenters. The van der Waals surface area contributed by atoms with Gasteiger partial charge in [-0.25, -0.2) is 4.39 Å². The van der Waals surface area contributed by atoms with E-state index in [9.17, 15) is 14.0 Å². The first-order valence-corrected chi connectivity index (χ1v) is 12.7. The third-order valence-electron chi connectivity index (χ3n) is 6.99. The Balaban J connectivity index is 0.000000739. The molecule has 2 fully saturated rings. The van der Waals surface area contributed by atoms with Gasteiger partial charge in [-0.15, -0.1) is 0 Å². The molecule has 0 N–H and O–H groups in total. The van der Waals surface area contributed by atoms with E-state index >= 15 is 0 Å². The van der Waals surface area contributed by atoms with Gasteiger partial charge in [0.05, 0.1) is 12.5 Å². The quantitative estimate of drug-likeness (QED) is 0.455. The van der Waals surface area contributed by atoms with Gasteiger partial charge in [0.15, 0.2) is 0 Å². The lowest BCUT2D eigenvalue weighted by Crippen LogP contribution is -2.52. The van der Waals surface area contributed by atoms with E-state index in [1.807, 2.05) is 12.1 Å². The van der Waals surface area contributed by atoms with Crippen LogP contribution in [0.4, 0.5) is 10.1 Å². The number of nitrogens with zero attached hydrogens (tertiary/aromatic N) is 2. The zero-order valence-corrected chi connectivity index (χ0v) is 21.6. The molecule has 1 aromatic carbocycles. The highest BCUT2D eigenvalue weighted by molar-refractivity contribution is 5.79. The molecule has 2 heterocycles. The summed E-state index contributed by atoms with van der Waals surface area (Å²) in [6, 6.07) is 7.17. The fourth-order valence-corrected chi connectivity index (χ4v) is 5.10. The minimum Gasteiger partial charge on any atom is -0.469 e. The Morgan fingerprint density at radius 3 is 2.41 bits per heavy atom. The minimum atomic E-state index is -0.245. The van der Waals surface area contributed by atoms with Crippen molar-refractivity contribution in [2.45, 2.75) is 84.8 Å². The highest BCUT2D eigenvalue weighted by Gasteiger charge is 2.47. The third kappa shape index (κ3) is 7.97. The zero-order chi connectivity index (χ0) is 25.1. The van der Waals surface area contributed by atoms with Crippen molar-refractivity contribution < 1.29 is 23.5 Å². The number of cyclic esters (lactones) is 1. The van der Waals surface area contributed by atoms with Gasteiger partial charge in [-0.05, 0) is 50.5 Å². The fourth-order valence-electron chi connectivity index (χ4n) is 5.10. The average molecular weight is 479 g/mol. The molecule has 6 nitrogen and oxygen atoms in total. The molecule has 7 heteroatoms. The molecule has 0 bridgehead atoms. The molecule has 0 amide bonds. The van der Waals surface area contributed by atoms with Gasteiger partial charge in [0.2, 0.25) is 0 Å². The molecule has 0 radical (unpaired) electrons. The van der Waals surface area contributed by atoms with Gasteiger partial charge >= 0.3 is 11.9 Å². The number of carbonyl (C=O) groups is 2. The van der Waals surface area contributed by atoms with Crippen molar-refractivity contribution in [3.8, 4) is 0 Å². The van der Waals surface area contributed by atoms with E-state index in [1.54, 1.807) is 0 Å². The Morgan fingerprint density at radius 2 is 1.85 bits per heavy atom. The topological polar surface area (TPSA) is 59.1 Å². The van der Waals surface area contributed by atoms with Crippen molar-refractivity contribution in [1.29, 1.82) is 0 Å². The number of piperazine rings is 1. The summed E-state index contributed by atoms with van der Waals surface area (Å²) in [5.41, 5.74) is 0.854.